The van der Waals surface area contributed by atoms with Gasteiger partial charge in [0.1, 0.15) is 11.4 Å². The zero-order chi connectivity index (χ0) is 17.3. The number of likely N-dealkylation sites (tertiary alicyclic amines) is 1. The number of hydrogen-bond acceptors (Lipinski definition) is 4. The molecule has 24 heavy (non-hydrogen) atoms. The van der Waals surface area contributed by atoms with Crippen LogP contribution in [0.4, 0.5) is 0 Å². The Morgan fingerprint density at radius 1 is 1.00 bits per heavy atom. The number of benzene rings is 1. The summed E-state index contributed by atoms with van der Waals surface area (Å²) in [6, 6.07) is 7.25. The third-order valence-electron chi connectivity index (χ3n) is 4.66. The van der Waals surface area contributed by atoms with Crippen LogP contribution in [-0.4, -0.2) is 47.9 Å². The van der Waals surface area contributed by atoms with E-state index in [0.29, 0.717) is 22.6 Å². The van der Waals surface area contributed by atoms with Crippen molar-refractivity contribution in [3.8, 4) is 5.75 Å². The molecule has 1 aromatic rings. The van der Waals surface area contributed by atoms with E-state index < -0.39 is 0 Å². The lowest BCUT2D eigenvalue weighted by Gasteiger charge is -2.30. The van der Waals surface area contributed by atoms with E-state index in [1.165, 1.54) is 11.3 Å². The maximum Gasteiger partial charge on any atom is 0.278 e. The van der Waals surface area contributed by atoms with E-state index in [4.69, 9.17) is 4.74 Å². The Labute approximate surface area is 142 Å². The van der Waals surface area contributed by atoms with Gasteiger partial charge in [0.05, 0.1) is 12.7 Å². The summed E-state index contributed by atoms with van der Waals surface area (Å²) in [7, 11) is 1.58. The first-order chi connectivity index (χ1) is 11.6. The number of ether oxygens (including phenoxy) is 1. The first kappa shape index (κ1) is 16.6. The van der Waals surface area contributed by atoms with Gasteiger partial charge in [-0.2, -0.15) is 0 Å². The maximum absolute atomic E-state index is 13.0. The van der Waals surface area contributed by atoms with Crippen LogP contribution in [0.3, 0.4) is 0 Å². The van der Waals surface area contributed by atoms with Crippen LogP contribution in [0.5, 0.6) is 5.75 Å². The van der Waals surface area contributed by atoms with Crippen molar-refractivity contribution in [1.82, 2.24) is 9.80 Å². The minimum atomic E-state index is -0.222. The average Bonchev–Trinajstić information content (AvgIpc) is 2.86. The summed E-state index contributed by atoms with van der Waals surface area (Å²) in [5, 5.41) is 0. The number of carbonyl (C=O) groups excluding carboxylic acids is 2. The van der Waals surface area contributed by atoms with Crippen LogP contribution in [0.1, 0.15) is 38.7 Å². The lowest BCUT2D eigenvalue weighted by Crippen LogP contribution is -2.40. The van der Waals surface area contributed by atoms with Gasteiger partial charge in [0.15, 0.2) is 0 Å². The van der Waals surface area contributed by atoms with Crippen LogP contribution in [0.15, 0.2) is 30.0 Å². The molecule has 1 fully saturated rings. The van der Waals surface area contributed by atoms with Gasteiger partial charge in [-0.25, -0.2) is 0 Å². The quantitative estimate of drug-likeness (QED) is 0.798. The molecule has 2 aliphatic heterocycles. The average molecular weight is 328 g/mol. The molecule has 1 saturated heterocycles. The molecule has 0 aliphatic carbocycles. The lowest BCUT2D eigenvalue weighted by atomic mass is 10.0. The molecule has 2 aliphatic rings. The van der Waals surface area contributed by atoms with Gasteiger partial charge >= 0.3 is 0 Å². The minimum absolute atomic E-state index is 0.169. The van der Waals surface area contributed by atoms with Gasteiger partial charge in [-0.3, -0.25) is 14.5 Å². The highest BCUT2D eigenvalue weighted by atomic mass is 16.5. The van der Waals surface area contributed by atoms with E-state index in [-0.39, 0.29) is 17.9 Å². The van der Waals surface area contributed by atoms with Gasteiger partial charge in [0, 0.05) is 24.7 Å². The number of carbonyl (C=O) groups is 2. The number of nitrogens with zero attached hydrogens (tertiary/aromatic N) is 2. The summed E-state index contributed by atoms with van der Waals surface area (Å²) in [4.78, 5) is 29.5. The van der Waals surface area contributed by atoms with Crippen molar-refractivity contribution in [1.29, 1.82) is 0 Å². The number of imide groups is 1. The van der Waals surface area contributed by atoms with E-state index in [1.54, 1.807) is 7.11 Å². The molecule has 1 aromatic carbocycles. The molecule has 3 rings (SSSR count). The van der Waals surface area contributed by atoms with Gasteiger partial charge in [0.25, 0.3) is 11.8 Å². The van der Waals surface area contributed by atoms with Crippen LogP contribution < -0.4 is 4.74 Å². The molecule has 2 heterocycles. The van der Waals surface area contributed by atoms with Gasteiger partial charge in [0.2, 0.25) is 0 Å². The highest BCUT2D eigenvalue weighted by Crippen LogP contribution is 2.37. The molecule has 0 bridgehead atoms. The number of rotatable bonds is 4. The summed E-state index contributed by atoms with van der Waals surface area (Å²) in [5.74, 6) is 0.214. The van der Waals surface area contributed by atoms with E-state index in [9.17, 15) is 9.59 Å². The molecule has 0 spiro atoms. The van der Waals surface area contributed by atoms with Gasteiger partial charge in [-0.15, -0.1) is 0 Å². The first-order valence-electron chi connectivity index (χ1n) is 8.56. The van der Waals surface area contributed by atoms with Crippen LogP contribution in [0.2, 0.25) is 0 Å². The van der Waals surface area contributed by atoms with E-state index in [0.717, 1.165) is 25.9 Å². The monoisotopic (exact) mass is 328 g/mol. The molecule has 2 amide bonds. The van der Waals surface area contributed by atoms with Gasteiger partial charge in [-0.1, -0.05) is 18.2 Å². The molecular weight excluding hydrogens is 304 g/mol. The Kier molecular flexibility index (Phi) is 4.60. The zero-order valence-corrected chi connectivity index (χ0v) is 14.5. The van der Waals surface area contributed by atoms with Gasteiger partial charge < -0.3 is 9.64 Å². The van der Waals surface area contributed by atoms with Crippen molar-refractivity contribution in [2.75, 3.05) is 20.2 Å². The molecule has 0 radical (unpaired) electrons. The highest BCUT2D eigenvalue weighted by Gasteiger charge is 2.43. The summed E-state index contributed by atoms with van der Waals surface area (Å²) < 4.78 is 5.44. The molecular formula is C19H24N2O3. The molecule has 0 atom stereocenters. The third kappa shape index (κ3) is 2.68. The Bertz CT molecular complexity index is 688. The van der Waals surface area contributed by atoms with Crippen LogP contribution >= 0.6 is 0 Å². The van der Waals surface area contributed by atoms with Crippen LogP contribution in [0, 0.1) is 0 Å². The number of para-hydroxylation sites is 1. The Morgan fingerprint density at radius 2 is 1.67 bits per heavy atom. The zero-order valence-electron chi connectivity index (χ0n) is 14.5. The molecule has 0 N–H and O–H groups in total. The van der Waals surface area contributed by atoms with Crippen molar-refractivity contribution in [2.45, 2.75) is 39.2 Å². The Hall–Kier alpha value is -2.30. The second-order valence-corrected chi connectivity index (χ2v) is 6.55. The van der Waals surface area contributed by atoms with Crippen molar-refractivity contribution in [3.63, 3.8) is 0 Å². The highest BCUT2D eigenvalue weighted by molar-refractivity contribution is 6.36. The number of hydrogen-bond donors (Lipinski definition) is 0. The maximum atomic E-state index is 13.0. The van der Waals surface area contributed by atoms with E-state index in [1.807, 2.05) is 38.1 Å². The number of methoxy groups -OCH3 is 1. The lowest BCUT2D eigenvalue weighted by molar-refractivity contribution is -0.139. The normalized spacial score (nSPS) is 18.8. The molecule has 0 unspecified atom stereocenters. The number of piperidine rings is 1. The summed E-state index contributed by atoms with van der Waals surface area (Å²) in [6.07, 6.45) is 3.27. The van der Waals surface area contributed by atoms with Crippen molar-refractivity contribution in [2.24, 2.45) is 0 Å². The first-order valence-corrected chi connectivity index (χ1v) is 8.56. The SMILES string of the molecule is COc1ccccc1C1=C(N2CCCCC2)C(=O)N(C(C)C)C1=O. The fourth-order valence-electron chi connectivity index (χ4n) is 3.51. The fraction of sp³-hybridized carbons (Fsp3) is 0.474. The summed E-state index contributed by atoms with van der Waals surface area (Å²) >= 11 is 0. The van der Waals surface area contributed by atoms with Crippen molar-refractivity contribution < 1.29 is 14.3 Å². The van der Waals surface area contributed by atoms with E-state index in [2.05, 4.69) is 4.90 Å². The molecule has 0 aromatic heterocycles. The van der Waals surface area contributed by atoms with Crippen molar-refractivity contribution >= 4 is 17.4 Å². The number of amides is 2. The standard InChI is InChI=1S/C19H24N2O3/c1-13(2)21-18(22)16(14-9-5-6-10-15(14)24-3)17(19(21)23)20-11-7-4-8-12-20/h5-6,9-10,13H,4,7-8,11-12H2,1-3H3. The van der Waals surface area contributed by atoms with Crippen molar-refractivity contribution in [3.05, 3.63) is 35.5 Å². The van der Waals surface area contributed by atoms with Crippen LogP contribution in [-0.2, 0) is 9.59 Å². The second-order valence-electron chi connectivity index (χ2n) is 6.55. The largest absolute Gasteiger partial charge is 0.496 e. The molecule has 0 saturated carbocycles. The summed E-state index contributed by atoms with van der Waals surface area (Å²) in [5.41, 5.74) is 1.72. The topological polar surface area (TPSA) is 49.9 Å². The summed E-state index contributed by atoms with van der Waals surface area (Å²) in [6.45, 7) is 5.38. The second kappa shape index (κ2) is 6.67. The predicted molar refractivity (Wildman–Crippen MR) is 92.3 cm³/mol. The minimum Gasteiger partial charge on any atom is -0.496 e. The molecule has 5 nitrogen and oxygen atoms in total. The Morgan fingerprint density at radius 3 is 2.29 bits per heavy atom. The van der Waals surface area contributed by atoms with E-state index >= 15 is 0 Å². The molecule has 128 valence electrons. The third-order valence-corrected chi connectivity index (χ3v) is 4.66. The van der Waals surface area contributed by atoms with Crippen LogP contribution in [0.25, 0.3) is 5.57 Å². The predicted octanol–water partition coefficient (Wildman–Crippen LogP) is 2.67. The molecule has 5 heteroatoms. The Balaban J connectivity index is 2.16. The van der Waals surface area contributed by atoms with Gasteiger partial charge in [-0.05, 0) is 39.2 Å². The smallest absolute Gasteiger partial charge is 0.278 e. The fourth-order valence-corrected chi connectivity index (χ4v) is 3.51.